The molecule has 0 bridgehead atoms. The summed E-state index contributed by atoms with van der Waals surface area (Å²) < 4.78 is 5.59. The van der Waals surface area contributed by atoms with Crippen LogP contribution in [0.5, 0.6) is 0 Å². The van der Waals surface area contributed by atoms with E-state index < -0.39 is 0 Å². The van der Waals surface area contributed by atoms with E-state index in [1.165, 1.54) is 12.8 Å². The first-order valence-corrected chi connectivity index (χ1v) is 9.28. The van der Waals surface area contributed by atoms with Crippen LogP contribution >= 0.6 is 0 Å². The molecule has 3 heterocycles. The summed E-state index contributed by atoms with van der Waals surface area (Å²) in [7, 11) is 0. The standard InChI is InChI=1S/C19H29N3O2/c23-19(7-6-17-4-1-8-20-14-17)22-10-3-9-21(11-12-22)15-18-5-2-13-24-16-18/h1,4,8,14,18H,2-3,5-7,9-13,15-16H2. The minimum Gasteiger partial charge on any atom is -0.381 e. The molecule has 0 N–H and O–H groups in total. The molecule has 0 saturated carbocycles. The normalized spacial score (nSPS) is 23.0. The molecule has 24 heavy (non-hydrogen) atoms. The Hall–Kier alpha value is -1.46. The lowest BCUT2D eigenvalue weighted by atomic mass is 10.0. The van der Waals surface area contributed by atoms with Crippen LogP contribution in [0.2, 0.25) is 0 Å². The van der Waals surface area contributed by atoms with Gasteiger partial charge in [0.25, 0.3) is 0 Å². The minimum atomic E-state index is 0.279. The Balaban J connectivity index is 1.41. The molecule has 2 aliphatic rings. The molecule has 1 atom stereocenters. The second-order valence-corrected chi connectivity index (χ2v) is 6.98. The van der Waals surface area contributed by atoms with Gasteiger partial charge in [0.2, 0.25) is 5.91 Å². The lowest BCUT2D eigenvalue weighted by Crippen LogP contribution is -2.38. The highest BCUT2D eigenvalue weighted by Crippen LogP contribution is 2.16. The fourth-order valence-electron chi connectivity index (χ4n) is 3.67. The van der Waals surface area contributed by atoms with Crippen LogP contribution in [0, 0.1) is 5.92 Å². The van der Waals surface area contributed by atoms with Crippen molar-refractivity contribution < 1.29 is 9.53 Å². The summed E-state index contributed by atoms with van der Waals surface area (Å²) in [5, 5.41) is 0. The number of hydrogen-bond donors (Lipinski definition) is 0. The van der Waals surface area contributed by atoms with E-state index in [2.05, 4.69) is 9.88 Å². The topological polar surface area (TPSA) is 45.7 Å². The molecule has 0 aliphatic carbocycles. The predicted molar refractivity (Wildman–Crippen MR) is 93.7 cm³/mol. The van der Waals surface area contributed by atoms with Crippen LogP contribution in [0.4, 0.5) is 0 Å². The number of hydrogen-bond acceptors (Lipinski definition) is 4. The summed E-state index contributed by atoms with van der Waals surface area (Å²) in [5.41, 5.74) is 1.14. The van der Waals surface area contributed by atoms with Crippen molar-refractivity contribution in [2.45, 2.75) is 32.1 Å². The molecule has 2 fully saturated rings. The number of aromatic nitrogens is 1. The first-order valence-electron chi connectivity index (χ1n) is 9.28. The highest BCUT2D eigenvalue weighted by molar-refractivity contribution is 5.76. The number of rotatable bonds is 5. The van der Waals surface area contributed by atoms with Crippen LogP contribution in [-0.2, 0) is 16.0 Å². The average molecular weight is 331 g/mol. The minimum absolute atomic E-state index is 0.279. The van der Waals surface area contributed by atoms with Crippen molar-refractivity contribution in [1.29, 1.82) is 0 Å². The zero-order valence-electron chi connectivity index (χ0n) is 14.5. The number of carbonyl (C=O) groups is 1. The molecule has 0 spiro atoms. The molecule has 132 valence electrons. The van der Waals surface area contributed by atoms with Crippen molar-refractivity contribution in [3.8, 4) is 0 Å². The molecule has 1 aromatic heterocycles. The van der Waals surface area contributed by atoms with E-state index in [1.54, 1.807) is 6.20 Å². The Morgan fingerprint density at radius 2 is 2.21 bits per heavy atom. The highest BCUT2D eigenvalue weighted by atomic mass is 16.5. The molecule has 0 aromatic carbocycles. The van der Waals surface area contributed by atoms with Gasteiger partial charge in [-0.25, -0.2) is 0 Å². The molecular formula is C19H29N3O2. The Labute approximate surface area is 145 Å². The lowest BCUT2D eigenvalue weighted by molar-refractivity contribution is -0.131. The largest absolute Gasteiger partial charge is 0.381 e. The summed E-state index contributed by atoms with van der Waals surface area (Å²) in [6, 6.07) is 3.97. The lowest BCUT2D eigenvalue weighted by Gasteiger charge is -2.28. The predicted octanol–water partition coefficient (Wildman–Crippen LogP) is 1.98. The number of aryl methyl sites for hydroxylation is 1. The molecule has 2 aliphatic heterocycles. The second-order valence-electron chi connectivity index (χ2n) is 6.98. The van der Waals surface area contributed by atoms with Gasteiger partial charge in [0.05, 0.1) is 6.61 Å². The Morgan fingerprint density at radius 1 is 1.25 bits per heavy atom. The van der Waals surface area contributed by atoms with Crippen LogP contribution in [-0.4, -0.2) is 66.6 Å². The van der Waals surface area contributed by atoms with Gasteiger partial charge in [0, 0.05) is 51.6 Å². The molecule has 5 heteroatoms. The van der Waals surface area contributed by atoms with Gasteiger partial charge in [-0.2, -0.15) is 0 Å². The van der Waals surface area contributed by atoms with Crippen molar-refractivity contribution in [3.05, 3.63) is 30.1 Å². The van der Waals surface area contributed by atoms with E-state index in [0.29, 0.717) is 12.3 Å². The maximum atomic E-state index is 12.5. The van der Waals surface area contributed by atoms with Gasteiger partial charge in [-0.3, -0.25) is 9.78 Å². The van der Waals surface area contributed by atoms with Gasteiger partial charge in [0.1, 0.15) is 0 Å². The van der Waals surface area contributed by atoms with E-state index in [9.17, 15) is 4.79 Å². The third-order valence-corrected chi connectivity index (χ3v) is 5.06. The van der Waals surface area contributed by atoms with E-state index in [1.807, 2.05) is 23.2 Å². The summed E-state index contributed by atoms with van der Waals surface area (Å²) >= 11 is 0. The average Bonchev–Trinajstić information content (AvgIpc) is 2.87. The Morgan fingerprint density at radius 3 is 3.00 bits per heavy atom. The van der Waals surface area contributed by atoms with Gasteiger partial charge in [-0.05, 0) is 49.8 Å². The molecule has 2 saturated heterocycles. The van der Waals surface area contributed by atoms with Crippen molar-refractivity contribution in [2.24, 2.45) is 5.92 Å². The van der Waals surface area contributed by atoms with E-state index in [4.69, 9.17) is 4.74 Å². The molecule has 0 radical (unpaired) electrons. The molecule has 1 amide bonds. The maximum Gasteiger partial charge on any atom is 0.222 e. The number of nitrogens with zero attached hydrogens (tertiary/aromatic N) is 3. The summed E-state index contributed by atoms with van der Waals surface area (Å²) in [6.45, 7) is 6.80. The van der Waals surface area contributed by atoms with E-state index >= 15 is 0 Å². The summed E-state index contributed by atoms with van der Waals surface area (Å²) in [6.07, 6.45) is 8.54. The van der Waals surface area contributed by atoms with Crippen molar-refractivity contribution in [1.82, 2.24) is 14.8 Å². The van der Waals surface area contributed by atoms with Crippen LogP contribution in [0.25, 0.3) is 0 Å². The zero-order chi connectivity index (χ0) is 16.6. The van der Waals surface area contributed by atoms with Gasteiger partial charge in [0.15, 0.2) is 0 Å². The molecule has 1 unspecified atom stereocenters. The first kappa shape index (κ1) is 17.4. The first-order chi connectivity index (χ1) is 11.8. The molecule has 3 rings (SSSR count). The van der Waals surface area contributed by atoms with Gasteiger partial charge in [-0.1, -0.05) is 6.07 Å². The van der Waals surface area contributed by atoms with Crippen molar-refractivity contribution in [3.63, 3.8) is 0 Å². The number of ether oxygens (including phenoxy) is 1. The third kappa shape index (κ3) is 5.28. The number of carbonyl (C=O) groups excluding carboxylic acids is 1. The third-order valence-electron chi connectivity index (χ3n) is 5.06. The molecule has 1 aromatic rings. The van der Waals surface area contributed by atoms with Crippen LogP contribution < -0.4 is 0 Å². The van der Waals surface area contributed by atoms with E-state index in [-0.39, 0.29) is 5.91 Å². The monoisotopic (exact) mass is 331 g/mol. The Bertz CT molecular complexity index is 503. The summed E-state index contributed by atoms with van der Waals surface area (Å²) in [5.74, 6) is 0.952. The highest BCUT2D eigenvalue weighted by Gasteiger charge is 2.22. The number of amides is 1. The van der Waals surface area contributed by atoms with Gasteiger partial charge < -0.3 is 14.5 Å². The fourth-order valence-corrected chi connectivity index (χ4v) is 3.67. The zero-order valence-corrected chi connectivity index (χ0v) is 14.5. The summed E-state index contributed by atoms with van der Waals surface area (Å²) in [4.78, 5) is 21.2. The van der Waals surface area contributed by atoms with Gasteiger partial charge >= 0.3 is 0 Å². The van der Waals surface area contributed by atoms with Crippen molar-refractivity contribution >= 4 is 5.91 Å². The number of pyridine rings is 1. The van der Waals surface area contributed by atoms with Crippen LogP contribution in [0.1, 0.15) is 31.2 Å². The second kappa shape index (κ2) is 9.14. The fraction of sp³-hybridized carbons (Fsp3) is 0.684. The Kier molecular flexibility index (Phi) is 6.61. The van der Waals surface area contributed by atoms with Crippen molar-refractivity contribution in [2.75, 3.05) is 45.9 Å². The smallest absolute Gasteiger partial charge is 0.222 e. The SMILES string of the molecule is O=C(CCc1cccnc1)N1CCCN(CC2CCCOC2)CC1. The van der Waals surface area contributed by atoms with Gasteiger partial charge in [-0.15, -0.1) is 0 Å². The van der Waals surface area contributed by atoms with Crippen LogP contribution in [0.3, 0.4) is 0 Å². The van der Waals surface area contributed by atoms with Crippen LogP contribution in [0.15, 0.2) is 24.5 Å². The molecule has 5 nitrogen and oxygen atoms in total. The molecular weight excluding hydrogens is 302 g/mol. The quantitative estimate of drug-likeness (QED) is 0.828. The van der Waals surface area contributed by atoms with E-state index in [0.717, 1.165) is 64.3 Å². The maximum absolute atomic E-state index is 12.5.